The lowest BCUT2D eigenvalue weighted by Gasteiger charge is -2.37. The third kappa shape index (κ3) is 3.48. The van der Waals surface area contributed by atoms with Crippen LogP contribution in [-0.2, 0) is 17.8 Å². The second-order valence-electron chi connectivity index (χ2n) is 9.23. The number of ether oxygens (including phenoxy) is 1. The summed E-state index contributed by atoms with van der Waals surface area (Å²) in [5.74, 6) is -3.75. The predicted molar refractivity (Wildman–Crippen MR) is 116 cm³/mol. The van der Waals surface area contributed by atoms with E-state index >= 15 is 0 Å². The number of hydrogen-bond donors (Lipinski definition) is 2. The zero-order valence-electron chi connectivity index (χ0n) is 18.6. The van der Waals surface area contributed by atoms with Crippen LogP contribution in [0.4, 0.5) is 8.78 Å². The minimum absolute atomic E-state index is 0.0361. The van der Waals surface area contributed by atoms with Gasteiger partial charge in [-0.3, -0.25) is 14.4 Å². The zero-order valence-corrected chi connectivity index (χ0v) is 18.6. The first-order valence-corrected chi connectivity index (χ1v) is 11.4. The predicted octanol–water partition coefficient (Wildman–Crippen LogP) is 2.67. The van der Waals surface area contributed by atoms with E-state index in [-0.39, 0.29) is 36.0 Å². The number of benzene rings is 1. The molecule has 1 spiro atoms. The summed E-state index contributed by atoms with van der Waals surface area (Å²) in [6.07, 6.45) is 5.46. The monoisotopic (exact) mass is 473 g/mol. The number of rotatable bonds is 3. The van der Waals surface area contributed by atoms with Crippen molar-refractivity contribution in [3.05, 3.63) is 63.1 Å². The van der Waals surface area contributed by atoms with Crippen LogP contribution < -0.4 is 10.7 Å². The van der Waals surface area contributed by atoms with Crippen LogP contribution in [0.25, 0.3) is 0 Å². The molecular formula is C24H25F2N3O5. The number of nitrogens with zero attached hydrogens (tertiary/aromatic N) is 2. The summed E-state index contributed by atoms with van der Waals surface area (Å²) in [4.78, 5) is 40.4. The van der Waals surface area contributed by atoms with Gasteiger partial charge in [0.2, 0.25) is 5.43 Å². The molecule has 2 atom stereocenters. The fourth-order valence-corrected chi connectivity index (χ4v) is 5.45. The van der Waals surface area contributed by atoms with Crippen LogP contribution in [0.3, 0.4) is 0 Å². The summed E-state index contributed by atoms with van der Waals surface area (Å²) in [6, 6.07) is 2.74. The van der Waals surface area contributed by atoms with Crippen molar-refractivity contribution in [1.29, 1.82) is 0 Å². The molecule has 0 radical (unpaired) electrons. The molecule has 1 aromatic carbocycles. The Hall–Kier alpha value is -3.27. The average molecular weight is 473 g/mol. The Labute approximate surface area is 194 Å². The van der Waals surface area contributed by atoms with Crippen molar-refractivity contribution in [1.82, 2.24) is 14.8 Å². The Morgan fingerprint density at radius 1 is 1.24 bits per heavy atom. The fourth-order valence-electron chi connectivity index (χ4n) is 5.45. The van der Waals surface area contributed by atoms with Gasteiger partial charge in [0.1, 0.15) is 17.2 Å². The quantitative estimate of drug-likeness (QED) is 0.714. The molecular weight excluding hydrogens is 448 g/mol. The van der Waals surface area contributed by atoms with E-state index < -0.39 is 46.5 Å². The summed E-state index contributed by atoms with van der Waals surface area (Å²) >= 11 is 0. The van der Waals surface area contributed by atoms with E-state index in [1.54, 1.807) is 4.90 Å². The van der Waals surface area contributed by atoms with Crippen LogP contribution in [0, 0.1) is 11.6 Å². The molecule has 0 bridgehead atoms. The van der Waals surface area contributed by atoms with Gasteiger partial charge in [-0.15, -0.1) is 0 Å². The molecule has 3 aliphatic rings. The largest absolute Gasteiger partial charge is 0.503 e. The summed E-state index contributed by atoms with van der Waals surface area (Å²) in [6.45, 7) is 1.81. The third-order valence-corrected chi connectivity index (χ3v) is 7.30. The highest BCUT2D eigenvalue weighted by Gasteiger charge is 2.55. The molecule has 1 saturated carbocycles. The van der Waals surface area contributed by atoms with Crippen LogP contribution in [-0.4, -0.2) is 44.3 Å². The molecule has 0 unspecified atom stereocenters. The Morgan fingerprint density at radius 3 is 2.68 bits per heavy atom. The van der Waals surface area contributed by atoms with Crippen molar-refractivity contribution >= 4 is 11.8 Å². The number of hydrogen-bond acceptors (Lipinski definition) is 5. The van der Waals surface area contributed by atoms with Gasteiger partial charge in [0.05, 0.1) is 18.2 Å². The molecule has 2 amide bonds. The lowest BCUT2D eigenvalue weighted by molar-refractivity contribution is -0.0832. The first kappa shape index (κ1) is 22.5. The van der Waals surface area contributed by atoms with Gasteiger partial charge in [0.15, 0.2) is 17.7 Å². The number of carbonyl (C=O) groups is 2. The Balaban J connectivity index is 1.42. The summed E-state index contributed by atoms with van der Waals surface area (Å²) in [5, 5.41) is 13.0. The average Bonchev–Trinajstić information content (AvgIpc) is 3.06. The van der Waals surface area contributed by atoms with Gasteiger partial charge in [-0.1, -0.05) is 25.3 Å². The minimum atomic E-state index is -0.990. The number of aromatic nitrogens is 1. The maximum Gasteiger partial charge on any atom is 0.276 e. The molecule has 180 valence electrons. The number of amides is 2. The Bertz CT molecular complexity index is 1240. The number of carbonyl (C=O) groups excluding carboxylic acids is 2. The third-order valence-electron chi connectivity index (χ3n) is 7.30. The molecule has 8 nitrogen and oxygen atoms in total. The van der Waals surface area contributed by atoms with E-state index in [0.29, 0.717) is 6.07 Å². The van der Waals surface area contributed by atoms with Crippen molar-refractivity contribution in [3.63, 3.8) is 0 Å². The lowest BCUT2D eigenvalue weighted by Crippen LogP contribution is -2.51. The van der Waals surface area contributed by atoms with Crippen molar-refractivity contribution in [2.24, 2.45) is 0 Å². The number of aromatic hydroxyl groups is 1. The van der Waals surface area contributed by atoms with E-state index in [0.717, 1.165) is 38.2 Å². The van der Waals surface area contributed by atoms with Crippen LogP contribution >= 0.6 is 0 Å². The fraction of sp³-hybridized carbons (Fsp3) is 0.458. The normalized spacial score (nSPS) is 23.0. The Morgan fingerprint density at radius 2 is 1.97 bits per heavy atom. The highest BCUT2D eigenvalue weighted by atomic mass is 19.1. The van der Waals surface area contributed by atoms with Crippen molar-refractivity contribution in [2.45, 2.75) is 70.0 Å². The van der Waals surface area contributed by atoms with Crippen LogP contribution in [0.5, 0.6) is 5.75 Å². The number of halogens is 2. The molecule has 1 saturated heterocycles. The summed E-state index contributed by atoms with van der Waals surface area (Å²) < 4.78 is 34.7. The van der Waals surface area contributed by atoms with Gasteiger partial charge in [0, 0.05) is 24.4 Å². The van der Waals surface area contributed by atoms with Crippen LogP contribution in [0.15, 0.2) is 29.2 Å². The van der Waals surface area contributed by atoms with E-state index in [9.17, 15) is 28.3 Å². The molecule has 1 aliphatic carbocycles. The number of fused-ring (bicyclic) bond motifs is 2. The van der Waals surface area contributed by atoms with E-state index in [1.807, 2.05) is 6.92 Å². The highest BCUT2D eigenvalue weighted by molar-refractivity contribution is 5.99. The first-order chi connectivity index (χ1) is 16.2. The molecule has 34 heavy (non-hydrogen) atoms. The molecule has 2 aliphatic heterocycles. The highest BCUT2D eigenvalue weighted by Crippen LogP contribution is 2.45. The first-order valence-electron chi connectivity index (χ1n) is 11.4. The topological polar surface area (TPSA) is 101 Å². The van der Waals surface area contributed by atoms with Crippen molar-refractivity contribution in [2.75, 3.05) is 0 Å². The van der Waals surface area contributed by atoms with E-state index in [1.165, 1.54) is 16.8 Å². The molecule has 2 N–H and O–H groups in total. The maximum atomic E-state index is 13.9. The number of pyridine rings is 1. The van der Waals surface area contributed by atoms with Crippen molar-refractivity contribution < 1.29 is 28.2 Å². The van der Waals surface area contributed by atoms with Crippen LogP contribution in [0.2, 0.25) is 0 Å². The molecule has 1 aromatic heterocycles. The smallest absolute Gasteiger partial charge is 0.276 e. The second kappa shape index (κ2) is 8.19. The summed E-state index contributed by atoms with van der Waals surface area (Å²) in [5.41, 5.74) is -1.96. The standard InChI is InChI=1S/C24H25F2N3O5/c1-13-24(7-3-2-4-8-24)34-18-12-28-11-16(20(30)21(31)19(28)23(33)29(13)18)22(32)27-10-14-5-6-15(25)9-17(14)26/h5-6,9,11,13,18,31H,2-4,7-8,10,12H2,1H3,(H,27,32)/t13-,18+/m1/s1. The molecule has 3 heterocycles. The minimum Gasteiger partial charge on any atom is -0.503 e. The Kier molecular flexibility index (Phi) is 5.43. The zero-order chi connectivity index (χ0) is 24.2. The molecule has 2 aromatic rings. The van der Waals surface area contributed by atoms with Crippen molar-refractivity contribution in [3.8, 4) is 5.75 Å². The van der Waals surface area contributed by atoms with E-state index in [2.05, 4.69) is 5.32 Å². The van der Waals surface area contributed by atoms with Crippen LogP contribution in [0.1, 0.15) is 65.4 Å². The molecule has 10 heteroatoms. The molecule has 5 rings (SSSR count). The van der Waals surface area contributed by atoms with Gasteiger partial charge >= 0.3 is 0 Å². The van der Waals surface area contributed by atoms with Gasteiger partial charge < -0.3 is 24.6 Å². The molecule has 2 fully saturated rings. The number of nitrogens with one attached hydrogen (secondary N) is 1. The summed E-state index contributed by atoms with van der Waals surface area (Å²) in [7, 11) is 0. The maximum absolute atomic E-state index is 13.9. The lowest BCUT2D eigenvalue weighted by atomic mass is 9.80. The second-order valence-corrected chi connectivity index (χ2v) is 9.23. The van der Waals surface area contributed by atoms with Gasteiger partial charge in [-0.25, -0.2) is 8.78 Å². The van der Waals surface area contributed by atoms with Gasteiger partial charge in [0.25, 0.3) is 11.8 Å². The van der Waals surface area contributed by atoms with Gasteiger partial charge in [-0.2, -0.15) is 0 Å². The van der Waals surface area contributed by atoms with E-state index in [4.69, 9.17) is 4.74 Å². The van der Waals surface area contributed by atoms with Gasteiger partial charge in [-0.05, 0) is 25.8 Å². The SMILES string of the molecule is C[C@H]1N2C(=O)c3c(O)c(=O)c(C(=O)NCc4ccc(F)cc4F)cn3C[C@@H]2OC12CCCCC2.